The van der Waals surface area contributed by atoms with E-state index in [1.807, 2.05) is 0 Å². The molecule has 0 saturated carbocycles. The summed E-state index contributed by atoms with van der Waals surface area (Å²) in [7, 11) is -9.90. The molecule has 0 saturated heterocycles. The summed E-state index contributed by atoms with van der Waals surface area (Å²) >= 11 is 0. The van der Waals surface area contributed by atoms with E-state index >= 15 is 0 Å². The first kappa shape index (κ1) is 86.1. The maximum atomic E-state index is 13.0. The summed E-state index contributed by atoms with van der Waals surface area (Å²) in [4.78, 5) is 72.4. The van der Waals surface area contributed by atoms with Gasteiger partial charge in [-0.15, -0.1) is 0 Å². The van der Waals surface area contributed by atoms with Gasteiger partial charge in [0.05, 0.1) is 26.4 Å². The molecule has 0 heterocycles. The molecule has 5 atom stereocenters. The van der Waals surface area contributed by atoms with Crippen molar-refractivity contribution in [2.45, 2.75) is 356 Å². The molecule has 0 aliphatic heterocycles. The van der Waals surface area contributed by atoms with Crippen molar-refractivity contribution in [2.75, 3.05) is 39.6 Å². The number of aliphatic hydroxyl groups excluding tert-OH is 1. The molecule has 17 nitrogen and oxygen atoms in total. The lowest BCUT2D eigenvalue weighted by molar-refractivity contribution is -0.161. The van der Waals surface area contributed by atoms with Crippen molar-refractivity contribution >= 4 is 39.5 Å². The first-order valence-electron chi connectivity index (χ1n) is 35.7. The number of esters is 4. The van der Waals surface area contributed by atoms with Gasteiger partial charge in [0.15, 0.2) is 12.2 Å². The molecule has 88 heavy (non-hydrogen) atoms. The van der Waals surface area contributed by atoms with Crippen LogP contribution in [0.1, 0.15) is 338 Å². The van der Waals surface area contributed by atoms with Gasteiger partial charge >= 0.3 is 39.5 Å². The second-order valence-corrected chi connectivity index (χ2v) is 29.7. The van der Waals surface area contributed by atoms with Crippen molar-refractivity contribution in [1.29, 1.82) is 0 Å². The fourth-order valence-corrected chi connectivity index (χ4v) is 11.9. The fourth-order valence-electron chi connectivity index (χ4n) is 10.3. The molecular formula is C69H134O17P2. The van der Waals surface area contributed by atoms with Crippen LogP contribution in [0.15, 0.2) is 0 Å². The lowest BCUT2D eigenvalue weighted by atomic mass is 10.0. The maximum absolute atomic E-state index is 13.0. The van der Waals surface area contributed by atoms with Gasteiger partial charge in [-0.2, -0.15) is 0 Å². The molecule has 0 aromatic heterocycles. The number of rotatable bonds is 66. The maximum Gasteiger partial charge on any atom is 0.472 e. The molecule has 0 amide bonds. The number of unbranched alkanes of at least 4 members (excludes halogenated alkanes) is 32. The highest BCUT2D eigenvalue weighted by Crippen LogP contribution is 2.45. The Labute approximate surface area is 537 Å². The third-order valence-corrected chi connectivity index (χ3v) is 17.7. The van der Waals surface area contributed by atoms with Crippen molar-refractivity contribution in [3.63, 3.8) is 0 Å². The van der Waals surface area contributed by atoms with E-state index in [1.54, 1.807) is 0 Å². The highest BCUT2D eigenvalue weighted by Gasteiger charge is 2.30. The number of hydrogen-bond donors (Lipinski definition) is 3. The highest BCUT2D eigenvalue weighted by atomic mass is 31.2. The van der Waals surface area contributed by atoms with Crippen molar-refractivity contribution < 1.29 is 80.2 Å². The van der Waals surface area contributed by atoms with E-state index in [0.717, 1.165) is 114 Å². The number of phosphoric ester groups is 2. The Bertz CT molecular complexity index is 1750. The summed E-state index contributed by atoms with van der Waals surface area (Å²) in [6, 6.07) is 0. The van der Waals surface area contributed by atoms with E-state index in [4.69, 9.17) is 37.0 Å². The van der Waals surface area contributed by atoms with Crippen molar-refractivity contribution in [2.24, 2.45) is 23.7 Å². The fraction of sp³-hybridized carbons (Fsp3) is 0.942. The topological polar surface area (TPSA) is 237 Å². The summed E-state index contributed by atoms with van der Waals surface area (Å²) in [6.45, 7) is 14.0. The van der Waals surface area contributed by atoms with Crippen LogP contribution in [0, 0.1) is 23.7 Å². The molecule has 0 aromatic carbocycles. The molecule has 0 aromatic rings. The number of carbonyl (C=O) groups is 4. The van der Waals surface area contributed by atoms with Crippen LogP contribution in [0.4, 0.5) is 0 Å². The molecule has 0 spiro atoms. The molecule has 522 valence electrons. The number of phosphoric acid groups is 2. The second kappa shape index (κ2) is 58.8. The SMILES string of the molecule is CC(C)CCCCCCCCCCCCCCC(=O)OC[C@H](COP(=O)(O)OC[C@@H](O)COP(=O)(O)OC[C@@H](COC(=O)CCCCCCCCC(C)C)OC(=O)CCCCCCCCCCCCC(C)C)OC(=O)CCCCCCCCCCC(C)C. The Morgan fingerprint density at radius 1 is 0.284 bits per heavy atom. The van der Waals surface area contributed by atoms with E-state index in [2.05, 4.69) is 55.4 Å². The van der Waals surface area contributed by atoms with Crippen LogP contribution in [0.2, 0.25) is 0 Å². The molecule has 0 bridgehead atoms. The standard InChI is InChI=1S/C69H134O17P2/c1-59(2)45-37-29-21-15-11-9-10-12-17-24-33-41-49-66(71)79-55-64(86-69(74)52-44-36-26-20-19-23-31-39-47-61(5)6)57-83-87(75,76)81-53-63(70)54-82-88(77,78)84-58-65(56-80-67(72)50-42-34-28-27-32-40-48-62(7)8)85-68(73)51-43-35-25-18-14-13-16-22-30-38-46-60(3)4/h59-65,70H,9-58H2,1-8H3,(H,75,76)(H,77,78)/t63-,64-,65-/m1/s1. The Hall–Kier alpha value is -1.94. The molecule has 2 unspecified atom stereocenters. The highest BCUT2D eigenvalue weighted by molar-refractivity contribution is 7.47. The minimum Gasteiger partial charge on any atom is -0.462 e. The average Bonchev–Trinajstić information content (AvgIpc) is 3.52. The Morgan fingerprint density at radius 3 is 0.705 bits per heavy atom. The summed E-state index contributed by atoms with van der Waals surface area (Å²) in [5.74, 6) is 0.798. The van der Waals surface area contributed by atoms with E-state index in [-0.39, 0.29) is 25.7 Å². The number of hydrogen-bond acceptors (Lipinski definition) is 15. The molecule has 0 fully saturated rings. The van der Waals surface area contributed by atoms with E-state index in [9.17, 15) is 43.2 Å². The lowest BCUT2D eigenvalue weighted by Gasteiger charge is -2.21. The average molecular weight is 1300 g/mol. The molecule has 0 aliphatic rings. The normalized spacial score (nSPS) is 14.3. The molecular weight excluding hydrogens is 1160 g/mol. The van der Waals surface area contributed by atoms with Crippen LogP contribution in [0.25, 0.3) is 0 Å². The zero-order chi connectivity index (χ0) is 65.4. The van der Waals surface area contributed by atoms with Crippen LogP contribution >= 0.6 is 15.6 Å². The van der Waals surface area contributed by atoms with Crippen LogP contribution in [0.5, 0.6) is 0 Å². The van der Waals surface area contributed by atoms with Gasteiger partial charge in [-0.05, 0) is 49.4 Å². The van der Waals surface area contributed by atoms with Gasteiger partial charge in [0.2, 0.25) is 0 Å². The Kier molecular flexibility index (Phi) is 57.6. The lowest BCUT2D eigenvalue weighted by Crippen LogP contribution is -2.30. The van der Waals surface area contributed by atoms with Crippen molar-refractivity contribution in [3.05, 3.63) is 0 Å². The molecule has 0 radical (unpaired) electrons. The van der Waals surface area contributed by atoms with Gasteiger partial charge in [-0.1, -0.05) is 287 Å². The smallest absolute Gasteiger partial charge is 0.462 e. The number of aliphatic hydroxyl groups is 1. The van der Waals surface area contributed by atoms with Crippen molar-refractivity contribution in [1.82, 2.24) is 0 Å². The first-order chi connectivity index (χ1) is 42.1. The molecule has 0 rings (SSSR count). The minimum absolute atomic E-state index is 0.104. The quantitative estimate of drug-likeness (QED) is 0.0222. The first-order valence-corrected chi connectivity index (χ1v) is 38.7. The second-order valence-electron chi connectivity index (χ2n) is 26.8. The van der Waals surface area contributed by atoms with Gasteiger partial charge in [0.25, 0.3) is 0 Å². The summed E-state index contributed by atoms with van der Waals surface area (Å²) in [6.07, 6.45) is 40.5. The zero-order valence-corrected chi connectivity index (χ0v) is 59.1. The summed E-state index contributed by atoms with van der Waals surface area (Å²) in [5.41, 5.74) is 0. The predicted octanol–water partition coefficient (Wildman–Crippen LogP) is 19.3. The molecule has 0 aliphatic carbocycles. The van der Waals surface area contributed by atoms with Gasteiger partial charge in [0.1, 0.15) is 19.3 Å². The van der Waals surface area contributed by atoms with Crippen molar-refractivity contribution in [3.8, 4) is 0 Å². The number of ether oxygens (including phenoxy) is 4. The van der Waals surface area contributed by atoms with Gasteiger partial charge in [-0.3, -0.25) is 37.3 Å². The van der Waals surface area contributed by atoms with Gasteiger partial charge in [-0.25, -0.2) is 9.13 Å². The minimum atomic E-state index is -4.95. The Morgan fingerprint density at radius 2 is 0.477 bits per heavy atom. The Balaban J connectivity index is 5.23. The van der Waals surface area contributed by atoms with E-state index < -0.39 is 97.5 Å². The van der Waals surface area contributed by atoms with Crippen LogP contribution in [0.3, 0.4) is 0 Å². The zero-order valence-electron chi connectivity index (χ0n) is 57.3. The summed E-state index contributed by atoms with van der Waals surface area (Å²) < 4.78 is 68.2. The van der Waals surface area contributed by atoms with Crippen LogP contribution in [-0.4, -0.2) is 96.7 Å². The number of carbonyl (C=O) groups excluding carboxylic acids is 4. The van der Waals surface area contributed by atoms with E-state index in [0.29, 0.717) is 31.6 Å². The van der Waals surface area contributed by atoms with Gasteiger partial charge in [0, 0.05) is 25.7 Å². The molecule has 3 N–H and O–H groups in total. The monoisotopic (exact) mass is 1300 g/mol. The van der Waals surface area contributed by atoms with E-state index in [1.165, 1.54) is 135 Å². The third kappa shape index (κ3) is 62.8. The predicted molar refractivity (Wildman–Crippen MR) is 354 cm³/mol. The largest absolute Gasteiger partial charge is 0.472 e. The van der Waals surface area contributed by atoms with Crippen LogP contribution < -0.4 is 0 Å². The third-order valence-electron chi connectivity index (χ3n) is 15.8. The van der Waals surface area contributed by atoms with Gasteiger partial charge < -0.3 is 33.8 Å². The summed E-state index contributed by atoms with van der Waals surface area (Å²) in [5, 5.41) is 10.6. The van der Waals surface area contributed by atoms with Crippen LogP contribution in [-0.2, 0) is 65.4 Å². The molecule has 19 heteroatoms.